The topological polar surface area (TPSA) is 86.7 Å². The zero-order valence-corrected chi connectivity index (χ0v) is 19.4. The van der Waals surface area contributed by atoms with Crippen LogP contribution < -0.4 is 0 Å². The van der Waals surface area contributed by atoms with Gasteiger partial charge in [0, 0.05) is 29.1 Å². The first-order chi connectivity index (χ1) is 14.5. The standard InChI is InChI=1S/C22H20Cl2O6S/c1-29-20(25)22(21(26)30-2)11-17(13-4-7-15(8-5-13)31(3,27)28)18(12-22)16-9-6-14(23)10-19(16)24/h4-10H,11-12H2,1-3H3. The van der Waals surface area contributed by atoms with Gasteiger partial charge in [0.15, 0.2) is 15.3 Å². The number of hydrogen-bond donors (Lipinski definition) is 0. The largest absolute Gasteiger partial charge is 0.468 e. The Morgan fingerprint density at radius 3 is 1.94 bits per heavy atom. The molecule has 31 heavy (non-hydrogen) atoms. The third kappa shape index (κ3) is 4.35. The van der Waals surface area contributed by atoms with Crippen molar-refractivity contribution in [3.63, 3.8) is 0 Å². The zero-order valence-electron chi connectivity index (χ0n) is 17.1. The van der Waals surface area contributed by atoms with Gasteiger partial charge >= 0.3 is 11.9 Å². The summed E-state index contributed by atoms with van der Waals surface area (Å²) in [5.41, 5.74) is 1.02. The quantitative estimate of drug-likeness (QED) is 0.462. The Labute approximate surface area is 190 Å². The molecule has 0 aromatic heterocycles. The van der Waals surface area contributed by atoms with E-state index in [0.29, 0.717) is 32.3 Å². The fraction of sp³-hybridized carbons (Fsp3) is 0.273. The van der Waals surface area contributed by atoms with Crippen molar-refractivity contribution in [3.05, 3.63) is 63.6 Å². The molecule has 0 fully saturated rings. The third-order valence-corrected chi connectivity index (χ3v) is 7.04. The highest BCUT2D eigenvalue weighted by Crippen LogP contribution is 2.52. The van der Waals surface area contributed by atoms with E-state index in [1.54, 1.807) is 30.3 Å². The van der Waals surface area contributed by atoms with Crippen LogP contribution in [0.3, 0.4) is 0 Å². The zero-order chi connectivity index (χ0) is 23.0. The van der Waals surface area contributed by atoms with Gasteiger partial charge in [-0.3, -0.25) is 9.59 Å². The fourth-order valence-corrected chi connectivity index (χ4v) is 4.97. The summed E-state index contributed by atoms with van der Waals surface area (Å²) in [6.07, 6.45) is 1.14. The molecule has 0 radical (unpaired) electrons. The molecule has 0 spiro atoms. The van der Waals surface area contributed by atoms with Crippen LogP contribution in [-0.4, -0.2) is 40.8 Å². The summed E-state index contributed by atoms with van der Waals surface area (Å²) < 4.78 is 33.5. The molecule has 9 heteroatoms. The lowest BCUT2D eigenvalue weighted by Crippen LogP contribution is -2.39. The number of sulfone groups is 1. The first-order valence-electron chi connectivity index (χ1n) is 9.18. The van der Waals surface area contributed by atoms with Crippen LogP contribution in [0.1, 0.15) is 24.0 Å². The van der Waals surface area contributed by atoms with Gasteiger partial charge in [-0.1, -0.05) is 41.4 Å². The van der Waals surface area contributed by atoms with Gasteiger partial charge in [0.2, 0.25) is 0 Å². The lowest BCUT2D eigenvalue weighted by molar-refractivity contribution is -0.167. The van der Waals surface area contributed by atoms with E-state index in [0.717, 1.165) is 6.26 Å². The van der Waals surface area contributed by atoms with Crippen LogP contribution in [0.4, 0.5) is 0 Å². The maximum atomic E-state index is 12.7. The minimum atomic E-state index is -3.38. The summed E-state index contributed by atoms with van der Waals surface area (Å²) in [6.45, 7) is 0. The fourth-order valence-electron chi connectivity index (χ4n) is 3.81. The molecule has 0 bridgehead atoms. The van der Waals surface area contributed by atoms with Crippen molar-refractivity contribution in [1.29, 1.82) is 0 Å². The average Bonchev–Trinajstić information content (AvgIpc) is 3.13. The Bertz CT molecular complexity index is 1170. The molecule has 1 aliphatic rings. The monoisotopic (exact) mass is 482 g/mol. The van der Waals surface area contributed by atoms with Gasteiger partial charge < -0.3 is 9.47 Å². The summed E-state index contributed by atoms with van der Waals surface area (Å²) in [6, 6.07) is 11.2. The van der Waals surface area contributed by atoms with Crippen LogP contribution in [0.5, 0.6) is 0 Å². The number of esters is 2. The molecule has 164 valence electrons. The van der Waals surface area contributed by atoms with E-state index >= 15 is 0 Å². The highest BCUT2D eigenvalue weighted by molar-refractivity contribution is 7.90. The molecule has 0 saturated carbocycles. The van der Waals surface area contributed by atoms with E-state index in [1.807, 2.05) is 0 Å². The Balaban J connectivity index is 2.22. The molecule has 3 rings (SSSR count). The van der Waals surface area contributed by atoms with E-state index in [-0.39, 0.29) is 17.7 Å². The molecule has 0 unspecified atom stereocenters. The van der Waals surface area contributed by atoms with E-state index < -0.39 is 27.2 Å². The normalized spacial score (nSPS) is 15.6. The number of methoxy groups -OCH3 is 2. The van der Waals surface area contributed by atoms with Crippen molar-refractivity contribution in [1.82, 2.24) is 0 Å². The molecule has 0 atom stereocenters. The molecule has 0 saturated heterocycles. The van der Waals surface area contributed by atoms with Gasteiger partial charge in [0.25, 0.3) is 0 Å². The molecule has 0 heterocycles. The smallest absolute Gasteiger partial charge is 0.323 e. The van der Waals surface area contributed by atoms with Gasteiger partial charge in [-0.15, -0.1) is 0 Å². The summed E-state index contributed by atoms with van der Waals surface area (Å²) in [4.78, 5) is 25.6. The maximum Gasteiger partial charge on any atom is 0.323 e. The second-order valence-corrected chi connectivity index (χ2v) is 10.2. The van der Waals surface area contributed by atoms with Crippen LogP contribution in [0.2, 0.25) is 10.0 Å². The summed E-state index contributed by atoms with van der Waals surface area (Å²) >= 11 is 12.5. The Morgan fingerprint density at radius 1 is 0.903 bits per heavy atom. The Hall–Kier alpha value is -2.35. The number of halogens is 2. The van der Waals surface area contributed by atoms with Crippen molar-refractivity contribution >= 4 is 56.1 Å². The predicted molar refractivity (Wildman–Crippen MR) is 119 cm³/mol. The summed E-state index contributed by atoms with van der Waals surface area (Å²) in [5.74, 6) is -1.44. The van der Waals surface area contributed by atoms with Crippen LogP contribution in [-0.2, 0) is 28.9 Å². The Morgan fingerprint density at radius 2 is 1.45 bits per heavy atom. The van der Waals surface area contributed by atoms with Crippen LogP contribution in [0, 0.1) is 5.41 Å². The molecule has 2 aromatic rings. The van der Waals surface area contributed by atoms with Gasteiger partial charge in [-0.2, -0.15) is 0 Å². The summed E-state index contributed by atoms with van der Waals surface area (Å²) in [7, 11) is -0.960. The second kappa shape index (κ2) is 8.65. The van der Waals surface area contributed by atoms with Crippen LogP contribution in [0.15, 0.2) is 47.4 Å². The molecular formula is C22H20Cl2O6S. The molecule has 1 aliphatic carbocycles. The van der Waals surface area contributed by atoms with E-state index in [2.05, 4.69) is 0 Å². The first kappa shape index (κ1) is 23.3. The SMILES string of the molecule is COC(=O)C1(C(=O)OC)CC(c2ccc(S(C)(=O)=O)cc2)=C(c2ccc(Cl)cc2Cl)C1. The van der Waals surface area contributed by atoms with Crippen molar-refractivity contribution in [2.75, 3.05) is 20.5 Å². The lowest BCUT2D eigenvalue weighted by atomic mass is 9.82. The molecule has 2 aromatic carbocycles. The van der Waals surface area contributed by atoms with Crippen molar-refractivity contribution in [3.8, 4) is 0 Å². The maximum absolute atomic E-state index is 12.7. The Kier molecular flexibility index (Phi) is 6.51. The van der Waals surface area contributed by atoms with Gasteiger partial charge in [0.1, 0.15) is 0 Å². The number of allylic oxidation sites excluding steroid dienone is 2. The minimum Gasteiger partial charge on any atom is -0.468 e. The average molecular weight is 483 g/mol. The highest BCUT2D eigenvalue weighted by atomic mass is 35.5. The predicted octanol–water partition coefficient (Wildman–Crippen LogP) is 4.43. The highest BCUT2D eigenvalue weighted by Gasteiger charge is 2.54. The third-order valence-electron chi connectivity index (χ3n) is 5.36. The number of carbonyl (C=O) groups is 2. The molecule has 0 N–H and O–H groups in total. The summed E-state index contributed by atoms with van der Waals surface area (Å²) in [5, 5.41) is 0.803. The second-order valence-electron chi connectivity index (χ2n) is 7.30. The first-order valence-corrected chi connectivity index (χ1v) is 11.8. The number of hydrogen-bond acceptors (Lipinski definition) is 6. The van der Waals surface area contributed by atoms with Gasteiger partial charge in [-0.05, 0) is 46.5 Å². The van der Waals surface area contributed by atoms with Gasteiger partial charge in [0.05, 0.1) is 19.1 Å². The lowest BCUT2D eigenvalue weighted by Gasteiger charge is -2.23. The number of rotatable bonds is 5. The number of benzene rings is 2. The van der Waals surface area contributed by atoms with Crippen molar-refractivity contribution < 1.29 is 27.5 Å². The molecule has 6 nitrogen and oxygen atoms in total. The van der Waals surface area contributed by atoms with Crippen molar-refractivity contribution in [2.45, 2.75) is 17.7 Å². The molecule has 0 amide bonds. The van der Waals surface area contributed by atoms with Crippen LogP contribution in [0.25, 0.3) is 11.1 Å². The van der Waals surface area contributed by atoms with Crippen LogP contribution >= 0.6 is 23.2 Å². The van der Waals surface area contributed by atoms with E-state index in [4.69, 9.17) is 32.7 Å². The molecular weight excluding hydrogens is 463 g/mol. The van der Waals surface area contributed by atoms with Crippen molar-refractivity contribution in [2.24, 2.45) is 5.41 Å². The van der Waals surface area contributed by atoms with E-state index in [9.17, 15) is 18.0 Å². The number of carbonyl (C=O) groups excluding carboxylic acids is 2. The van der Waals surface area contributed by atoms with E-state index in [1.165, 1.54) is 26.4 Å². The number of ether oxygens (including phenoxy) is 2. The molecule has 0 aliphatic heterocycles. The minimum absolute atomic E-state index is 0.0108. The van der Waals surface area contributed by atoms with Gasteiger partial charge in [-0.25, -0.2) is 8.42 Å².